The van der Waals surface area contributed by atoms with E-state index in [2.05, 4.69) is 15.0 Å². The number of rotatable bonds is 5. The van der Waals surface area contributed by atoms with Crippen LogP contribution in [0.3, 0.4) is 0 Å². The first-order chi connectivity index (χ1) is 10.0. The van der Waals surface area contributed by atoms with Crippen LogP contribution >= 0.6 is 0 Å². The maximum absolute atomic E-state index is 12.6. The van der Waals surface area contributed by atoms with Gasteiger partial charge >= 0.3 is 0 Å². The summed E-state index contributed by atoms with van der Waals surface area (Å²) < 4.78 is 28.1. The van der Waals surface area contributed by atoms with E-state index in [0.29, 0.717) is 17.5 Å². The van der Waals surface area contributed by atoms with Crippen molar-refractivity contribution in [3.8, 4) is 0 Å². The smallest absolute Gasteiger partial charge is 0.244 e. The second-order valence-electron chi connectivity index (χ2n) is 6.37. The molecule has 4 atom stereocenters. The molecule has 0 aromatic carbocycles. The Balaban J connectivity index is 1.77. The molecule has 0 aliphatic heterocycles. The van der Waals surface area contributed by atoms with Gasteiger partial charge in [0.25, 0.3) is 0 Å². The maximum Gasteiger partial charge on any atom is 0.244 e. The van der Waals surface area contributed by atoms with Crippen molar-refractivity contribution in [3.05, 3.63) is 18.5 Å². The van der Waals surface area contributed by atoms with Crippen molar-refractivity contribution in [2.24, 2.45) is 17.8 Å². The van der Waals surface area contributed by atoms with Crippen LogP contribution in [-0.4, -0.2) is 26.5 Å². The minimum Gasteiger partial charge on any atom is -0.387 e. The molecule has 2 aliphatic carbocycles. The summed E-state index contributed by atoms with van der Waals surface area (Å²) in [6, 6.07) is 1.66. The molecular formula is C15H23N3O2S. The fourth-order valence-corrected chi connectivity index (χ4v) is 5.55. The van der Waals surface area contributed by atoms with E-state index >= 15 is 0 Å². The third-order valence-electron chi connectivity index (χ3n) is 5.12. The van der Waals surface area contributed by atoms with E-state index in [1.54, 1.807) is 19.3 Å². The van der Waals surface area contributed by atoms with Gasteiger partial charge < -0.3 is 5.32 Å². The zero-order valence-electron chi connectivity index (χ0n) is 12.5. The molecule has 0 saturated heterocycles. The molecule has 116 valence electrons. The average Bonchev–Trinajstić information content (AvgIpc) is 3.09. The van der Waals surface area contributed by atoms with Gasteiger partial charge in [0.15, 0.2) is 0 Å². The number of nitrogens with zero attached hydrogens (tertiary/aromatic N) is 1. The highest BCUT2D eigenvalue weighted by Crippen LogP contribution is 2.49. The summed E-state index contributed by atoms with van der Waals surface area (Å²) in [5.74, 6) is 2.00. The first kappa shape index (κ1) is 14.8. The van der Waals surface area contributed by atoms with Crippen LogP contribution in [0, 0.1) is 17.8 Å². The van der Waals surface area contributed by atoms with Crippen molar-refractivity contribution < 1.29 is 8.42 Å². The second-order valence-corrected chi connectivity index (χ2v) is 8.05. The Kier molecular flexibility index (Phi) is 3.92. The summed E-state index contributed by atoms with van der Waals surface area (Å²) in [5.41, 5.74) is 0.581. The van der Waals surface area contributed by atoms with E-state index in [1.807, 2.05) is 6.92 Å². The van der Waals surface area contributed by atoms with Crippen molar-refractivity contribution in [2.45, 2.75) is 43.5 Å². The van der Waals surface area contributed by atoms with Gasteiger partial charge in [-0.3, -0.25) is 4.98 Å². The molecule has 5 nitrogen and oxygen atoms in total. The Morgan fingerprint density at radius 2 is 2.14 bits per heavy atom. The van der Waals surface area contributed by atoms with E-state index in [4.69, 9.17) is 0 Å². The highest BCUT2D eigenvalue weighted by molar-refractivity contribution is 7.89. The van der Waals surface area contributed by atoms with Gasteiger partial charge in [-0.05, 0) is 50.0 Å². The quantitative estimate of drug-likeness (QED) is 0.875. The van der Waals surface area contributed by atoms with Crippen LogP contribution in [-0.2, 0) is 10.0 Å². The fourth-order valence-electron chi connectivity index (χ4n) is 4.10. The van der Waals surface area contributed by atoms with Gasteiger partial charge in [-0.15, -0.1) is 0 Å². The molecule has 2 aliphatic rings. The van der Waals surface area contributed by atoms with Crippen LogP contribution in [0.5, 0.6) is 0 Å². The molecular weight excluding hydrogens is 286 g/mol. The van der Waals surface area contributed by atoms with Gasteiger partial charge in [0.2, 0.25) is 10.0 Å². The van der Waals surface area contributed by atoms with Crippen molar-refractivity contribution in [1.82, 2.24) is 9.71 Å². The number of sulfonamides is 1. The second kappa shape index (κ2) is 5.57. The molecule has 21 heavy (non-hydrogen) atoms. The Labute approximate surface area is 126 Å². The molecule has 1 aromatic heterocycles. The minimum atomic E-state index is -3.53. The number of hydrogen-bond donors (Lipinski definition) is 2. The number of anilines is 1. The Bertz CT molecular complexity index is 617. The molecule has 2 N–H and O–H groups in total. The molecule has 2 bridgehead atoms. The topological polar surface area (TPSA) is 71.1 Å². The summed E-state index contributed by atoms with van der Waals surface area (Å²) in [5, 5.41) is 2.91. The van der Waals surface area contributed by atoms with Crippen LogP contribution in [0.4, 0.5) is 5.69 Å². The largest absolute Gasteiger partial charge is 0.387 e. The normalized spacial score (nSPS) is 29.5. The van der Waals surface area contributed by atoms with Gasteiger partial charge in [-0.2, -0.15) is 0 Å². The van der Waals surface area contributed by atoms with Crippen LogP contribution < -0.4 is 10.0 Å². The monoisotopic (exact) mass is 309 g/mol. The zero-order chi connectivity index (χ0) is 15.0. The molecule has 4 unspecified atom stereocenters. The Hall–Kier alpha value is -1.14. The summed E-state index contributed by atoms with van der Waals surface area (Å²) in [6.07, 6.45) is 8.03. The zero-order valence-corrected chi connectivity index (χ0v) is 13.4. The Morgan fingerprint density at radius 3 is 2.76 bits per heavy atom. The lowest BCUT2D eigenvalue weighted by atomic mass is 9.84. The summed E-state index contributed by atoms with van der Waals surface area (Å²) >= 11 is 0. The molecule has 2 saturated carbocycles. The summed E-state index contributed by atoms with van der Waals surface area (Å²) in [6.45, 7) is 2.00. The molecule has 6 heteroatoms. The summed E-state index contributed by atoms with van der Waals surface area (Å²) in [7, 11) is -1.82. The van der Waals surface area contributed by atoms with E-state index in [0.717, 1.165) is 5.92 Å². The molecule has 1 aromatic rings. The number of hydrogen-bond acceptors (Lipinski definition) is 4. The SMILES string of the molecule is CNc1ccncc1S(=O)(=O)NC(C)C1CC2CCC1C2. The van der Waals surface area contributed by atoms with Crippen LogP contribution in [0.15, 0.2) is 23.4 Å². The Morgan fingerprint density at radius 1 is 1.33 bits per heavy atom. The van der Waals surface area contributed by atoms with Gasteiger partial charge in [0, 0.05) is 25.5 Å². The van der Waals surface area contributed by atoms with Crippen LogP contribution in [0.1, 0.15) is 32.6 Å². The lowest BCUT2D eigenvalue weighted by Gasteiger charge is -2.28. The lowest BCUT2D eigenvalue weighted by Crippen LogP contribution is -2.40. The van der Waals surface area contributed by atoms with Gasteiger partial charge in [0.05, 0.1) is 5.69 Å². The van der Waals surface area contributed by atoms with Gasteiger partial charge in [-0.25, -0.2) is 13.1 Å². The highest BCUT2D eigenvalue weighted by Gasteiger charge is 2.42. The number of aromatic nitrogens is 1. The van der Waals surface area contributed by atoms with Crippen molar-refractivity contribution in [3.63, 3.8) is 0 Å². The standard InChI is InChI=1S/C15H23N3O2S/c1-10(13-8-11-3-4-12(13)7-11)18-21(19,20)15-9-17-6-5-14(15)16-2/h5-6,9-13,18H,3-4,7-8H2,1-2H3,(H,16,17). The van der Waals surface area contributed by atoms with Crippen molar-refractivity contribution in [2.75, 3.05) is 12.4 Å². The predicted molar refractivity (Wildman–Crippen MR) is 82.5 cm³/mol. The first-order valence-electron chi connectivity index (χ1n) is 7.65. The van der Waals surface area contributed by atoms with E-state index in [1.165, 1.54) is 31.9 Å². The van der Waals surface area contributed by atoms with Gasteiger partial charge in [0.1, 0.15) is 4.90 Å². The minimum absolute atomic E-state index is 0.0183. The fraction of sp³-hybridized carbons (Fsp3) is 0.667. The van der Waals surface area contributed by atoms with Gasteiger partial charge in [-0.1, -0.05) is 6.42 Å². The summed E-state index contributed by atoms with van der Waals surface area (Å²) in [4.78, 5) is 4.17. The lowest BCUT2D eigenvalue weighted by molar-refractivity contribution is 0.280. The maximum atomic E-state index is 12.6. The van der Waals surface area contributed by atoms with E-state index in [-0.39, 0.29) is 10.9 Å². The molecule has 1 heterocycles. The number of nitrogens with one attached hydrogen (secondary N) is 2. The molecule has 3 rings (SSSR count). The molecule has 0 radical (unpaired) electrons. The highest BCUT2D eigenvalue weighted by atomic mass is 32.2. The van der Waals surface area contributed by atoms with Crippen LogP contribution in [0.2, 0.25) is 0 Å². The molecule has 0 amide bonds. The first-order valence-corrected chi connectivity index (χ1v) is 9.13. The predicted octanol–water partition coefficient (Wildman–Crippen LogP) is 2.23. The third kappa shape index (κ3) is 2.79. The van der Waals surface area contributed by atoms with Crippen LogP contribution in [0.25, 0.3) is 0 Å². The number of pyridine rings is 1. The molecule has 0 spiro atoms. The third-order valence-corrected chi connectivity index (χ3v) is 6.71. The molecule has 2 fully saturated rings. The van der Waals surface area contributed by atoms with Crippen molar-refractivity contribution >= 4 is 15.7 Å². The average molecular weight is 309 g/mol. The number of fused-ring (bicyclic) bond motifs is 2. The van der Waals surface area contributed by atoms with E-state index < -0.39 is 10.0 Å². The van der Waals surface area contributed by atoms with E-state index in [9.17, 15) is 8.42 Å². The van der Waals surface area contributed by atoms with Crippen molar-refractivity contribution in [1.29, 1.82) is 0 Å².